The number of anilines is 1. The van der Waals surface area contributed by atoms with E-state index in [0.717, 1.165) is 5.75 Å². The molecule has 0 radical (unpaired) electrons. The summed E-state index contributed by atoms with van der Waals surface area (Å²) in [7, 11) is 1.59. The fourth-order valence-electron chi connectivity index (χ4n) is 2.93. The number of hydrogen-bond donors (Lipinski definition) is 1. The number of ether oxygens (including phenoxy) is 2. The summed E-state index contributed by atoms with van der Waals surface area (Å²) in [6, 6.07) is 13.4. The Morgan fingerprint density at radius 1 is 1.13 bits per heavy atom. The van der Waals surface area contributed by atoms with Gasteiger partial charge in [-0.15, -0.1) is 10.2 Å². The number of benzene rings is 2. The van der Waals surface area contributed by atoms with E-state index in [2.05, 4.69) is 15.5 Å². The molecule has 0 aliphatic carbocycles. The third-order valence-corrected chi connectivity index (χ3v) is 5.36. The van der Waals surface area contributed by atoms with Crippen molar-refractivity contribution in [3.05, 3.63) is 60.2 Å². The minimum Gasteiger partial charge on any atom is -0.497 e. The molecule has 31 heavy (non-hydrogen) atoms. The summed E-state index contributed by atoms with van der Waals surface area (Å²) in [6.07, 6.45) is -0.519. The molecule has 0 fully saturated rings. The van der Waals surface area contributed by atoms with Gasteiger partial charge in [-0.25, -0.2) is 4.39 Å². The predicted octanol–water partition coefficient (Wildman–Crippen LogP) is 4.88. The molecule has 1 N–H and O–H groups in total. The summed E-state index contributed by atoms with van der Waals surface area (Å²) in [5.74, 6) is 1.01. The first-order valence-electron chi connectivity index (χ1n) is 9.81. The maximum atomic E-state index is 13.9. The van der Waals surface area contributed by atoms with Crippen LogP contribution in [0.5, 0.6) is 11.5 Å². The normalized spacial score (nSPS) is 11.9. The Bertz CT molecular complexity index is 1020. The van der Waals surface area contributed by atoms with Crippen molar-refractivity contribution in [3.8, 4) is 11.5 Å². The van der Waals surface area contributed by atoms with E-state index >= 15 is 0 Å². The van der Waals surface area contributed by atoms with Gasteiger partial charge in [-0.3, -0.25) is 4.79 Å². The van der Waals surface area contributed by atoms with Crippen LogP contribution in [0.3, 0.4) is 0 Å². The highest BCUT2D eigenvalue weighted by Gasteiger charge is 2.22. The van der Waals surface area contributed by atoms with Crippen LogP contribution < -0.4 is 14.8 Å². The Morgan fingerprint density at radius 3 is 2.48 bits per heavy atom. The first-order valence-corrected chi connectivity index (χ1v) is 10.8. The van der Waals surface area contributed by atoms with Crippen molar-refractivity contribution in [2.24, 2.45) is 0 Å². The van der Waals surface area contributed by atoms with Gasteiger partial charge in [0.1, 0.15) is 5.75 Å². The minimum absolute atomic E-state index is 0.0313. The molecule has 1 unspecified atom stereocenters. The van der Waals surface area contributed by atoms with Gasteiger partial charge in [-0.2, -0.15) is 0 Å². The minimum atomic E-state index is -0.519. The number of carbonyl (C=O) groups is 1. The topological polar surface area (TPSA) is 78.3 Å². The highest BCUT2D eigenvalue weighted by Crippen LogP contribution is 2.28. The molecule has 164 valence electrons. The Balaban J connectivity index is 1.66. The maximum Gasteiger partial charge on any atom is 0.234 e. The molecular formula is C22H25FN4O3S. The lowest BCUT2D eigenvalue weighted by molar-refractivity contribution is -0.113. The third-order valence-electron chi connectivity index (χ3n) is 4.42. The number of hydrogen-bond acceptors (Lipinski definition) is 6. The van der Waals surface area contributed by atoms with E-state index in [1.807, 2.05) is 18.4 Å². The molecular weight excluding hydrogens is 419 g/mol. The van der Waals surface area contributed by atoms with Gasteiger partial charge in [0.2, 0.25) is 5.91 Å². The van der Waals surface area contributed by atoms with Crippen LogP contribution in [0.25, 0.3) is 0 Å². The lowest BCUT2D eigenvalue weighted by Crippen LogP contribution is -2.16. The van der Waals surface area contributed by atoms with Crippen LogP contribution in [0.4, 0.5) is 10.1 Å². The number of rotatable bonds is 9. The smallest absolute Gasteiger partial charge is 0.234 e. The Kier molecular flexibility index (Phi) is 7.51. The number of nitrogens with zero attached hydrogens (tertiary/aromatic N) is 3. The van der Waals surface area contributed by atoms with E-state index in [9.17, 15) is 9.18 Å². The van der Waals surface area contributed by atoms with Gasteiger partial charge in [-0.1, -0.05) is 23.9 Å². The molecule has 3 rings (SSSR count). The lowest BCUT2D eigenvalue weighted by atomic mass is 10.3. The molecule has 9 heteroatoms. The maximum absolute atomic E-state index is 13.9. The number of methoxy groups -OCH3 is 1. The Labute approximate surface area is 185 Å². The zero-order valence-electron chi connectivity index (χ0n) is 17.8. The molecule has 0 aliphatic rings. The van der Waals surface area contributed by atoms with Crippen molar-refractivity contribution in [1.29, 1.82) is 0 Å². The lowest BCUT2D eigenvalue weighted by Gasteiger charge is -2.19. The van der Waals surface area contributed by atoms with Crippen molar-refractivity contribution in [2.45, 2.75) is 38.1 Å². The zero-order chi connectivity index (χ0) is 22.4. The standard InChI is InChI=1S/C22H25FN4O3S/c1-14(2)27-21(15(3)30-19-8-6-5-7-18(19)23)25-26-22(27)31-13-20(28)24-16-9-11-17(29-4)12-10-16/h5-12,14-15H,13H2,1-4H3,(H,24,28). The van der Waals surface area contributed by atoms with Crippen molar-refractivity contribution < 1.29 is 18.7 Å². The van der Waals surface area contributed by atoms with Gasteiger partial charge >= 0.3 is 0 Å². The number of carbonyl (C=O) groups excluding carboxylic acids is 1. The van der Waals surface area contributed by atoms with Crippen molar-refractivity contribution in [1.82, 2.24) is 14.8 Å². The number of nitrogens with one attached hydrogen (secondary N) is 1. The first-order chi connectivity index (χ1) is 14.9. The van der Waals surface area contributed by atoms with Gasteiger partial charge in [0.15, 0.2) is 28.7 Å². The molecule has 0 spiro atoms. The van der Waals surface area contributed by atoms with E-state index in [1.165, 1.54) is 17.8 Å². The highest BCUT2D eigenvalue weighted by molar-refractivity contribution is 7.99. The summed E-state index contributed by atoms with van der Waals surface area (Å²) in [6.45, 7) is 5.77. The monoisotopic (exact) mass is 444 g/mol. The summed E-state index contributed by atoms with van der Waals surface area (Å²) >= 11 is 1.28. The summed E-state index contributed by atoms with van der Waals surface area (Å²) in [4.78, 5) is 12.4. The first kappa shape index (κ1) is 22.6. The summed E-state index contributed by atoms with van der Waals surface area (Å²) < 4.78 is 26.7. The van der Waals surface area contributed by atoms with Gasteiger partial charge in [-0.05, 0) is 57.2 Å². The fourth-order valence-corrected chi connectivity index (χ4v) is 3.81. The van der Waals surface area contributed by atoms with Gasteiger partial charge in [0, 0.05) is 11.7 Å². The summed E-state index contributed by atoms with van der Waals surface area (Å²) in [5, 5.41) is 11.9. The highest BCUT2D eigenvalue weighted by atomic mass is 32.2. The molecule has 7 nitrogen and oxygen atoms in total. The van der Waals surface area contributed by atoms with Crippen LogP contribution in [0.15, 0.2) is 53.7 Å². The Hall–Kier alpha value is -3.07. The van der Waals surface area contributed by atoms with E-state index in [4.69, 9.17) is 9.47 Å². The zero-order valence-corrected chi connectivity index (χ0v) is 18.6. The second kappa shape index (κ2) is 10.3. The molecule has 1 heterocycles. The van der Waals surface area contributed by atoms with Crippen LogP contribution in [0, 0.1) is 5.82 Å². The van der Waals surface area contributed by atoms with Crippen molar-refractivity contribution in [2.75, 3.05) is 18.2 Å². The van der Waals surface area contributed by atoms with Gasteiger partial charge < -0.3 is 19.4 Å². The largest absolute Gasteiger partial charge is 0.497 e. The molecule has 0 bridgehead atoms. The molecule has 1 atom stereocenters. The van der Waals surface area contributed by atoms with Crippen LogP contribution in [0.1, 0.15) is 38.7 Å². The quantitative estimate of drug-likeness (QED) is 0.474. The average Bonchev–Trinajstić information content (AvgIpc) is 3.19. The number of thioether (sulfide) groups is 1. The number of amides is 1. The van der Waals surface area contributed by atoms with E-state index < -0.39 is 11.9 Å². The van der Waals surface area contributed by atoms with Crippen LogP contribution >= 0.6 is 11.8 Å². The molecule has 1 aromatic heterocycles. The molecule has 2 aromatic carbocycles. The number of halogens is 1. The van der Waals surface area contributed by atoms with Crippen LogP contribution in [0.2, 0.25) is 0 Å². The van der Waals surface area contributed by atoms with E-state index in [1.54, 1.807) is 56.5 Å². The SMILES string of the molecule is COc1ccc(NC(=O)CSc2nnc(C(C)Oc3ccccc3F)n2C(C)C)cc1. The fraction of sp³-hybridized carbons (Fsp3) is 0.318. The molecule has 0 saturated heterocycles. The summed E-state index contributed by atoms with van der Waals surface area (Å²) in [5.41, 5.74) is 0.685. The molecule has 1 amide bonds. The van der Waals surface area contributed by atoms with E-state index in [-0.39, 0.29) is 23.5 Å². The Morgan fingerprint density at radius 2 is 1.84 bits per heavy atom. The molecule has 0 aliphatic heterocycles. The second-order valence-corrected chi connectivity index (χ2v) is 8.00. The van der Waals surface area contributed by atoms with Crippen molar-refractivity contribution >= 4 is 23.4 Å². The van der Waals surface area contributed by atoms with E-state index in [0.29, 0.717) is 16.7 Å². The third kappa shape index (κ3) is 5.75. The molecule has 3 aromatic rings. The van der Waals surface area contributed by atoms with Crippen LogP contribution in [-0.4, -0.2) is 33.5 Å². The number of para-hydroxylation sites is 1. The second-order valence-electron chi connectivity index (χ2n) is 7.06. The van der Waals surface area contributed by atoms with Crippen LogP contribution in [-0.2, 0) is 4.79 Å². The van der Waals surface area contributed by atoms with Gasteiger partial charge in [0.05, 0.1) is 12.9 Å². The van der Waals surface area contributed by atoms with Gasteiger partial charge in [0.25, 0.3) is 0 Å². The predicted molar refractivity (Wildman–Crippen MR) is 118 cm³/mol. The van der Waals surface area contributed by atoms with Crippen molar-refractivity contribution in [3.63, 3.8) is 0 Å². The molecule has 0 saturated carbocycles. The number of aromatic nitrogens is 3. The average molecular weight is 445 g/mol.